The van der Waals surface area contributed by atoms with E-state index in [-0.39, 0.29) is 6.04 Å². The normalized spacial score (nSPS) is 12.9. The van der Waals surface area contributed by atoms with Gasteiger partial charge in [0.15, 0.2) is 0 Å². The van der Waals surface area contributed by atoms with Crippen molar-refractivity contribution in [2.75, 3.05) is 13.7 Å². The number of methoxy groups -OCH3 is 1. The van der Waals surface area contributed by atoms with E-state index < -0.39 is 0 Å². The van der Waals surface area contributed by atoms with Crippen LogP contribution in [0.5, 0.6) is 5.75 Å². The Balaban J connectivity index is 2.31. The molecule has 1 aromatic carbocycles. The average Bonchev–Trinajstić information content (AvgIpc) is 3.00. The van der Waals surface area contributed by atoms with E-state index in [1.807, 2.05) is 18.2 Å². The highest BCUT2D eigenvalue weighted by atomic mass is 32.1. The van der Waals surface area contributed by atoms with Gasteiger partial charge >= 0.3 is 0 Å². The molecule has 2 aromatic rings. The van der Waals surface area contributed by atoms with Gasteiger partial charge in [0.25, 0.3) is 0 Å². The first-order valence-electron chi connectivity index (χ1n) is 7.28. The molecule has 1 aromatic heterocycles. The van der Waals surface area contributed by atoms with E-state index in [0.717, 1.165) is 17.9 Å². The van der Waals surface area contributed by atoms with Crippen molar-refractivity contribution in [2.45, 2.75) is 32.5 Å². The van der Waals surface area contributed by atoms with E-state index in [2.05, 4.69) is 42.3 Å². The zero-order chi connectivity index (χ0) is 15.2. The van der Waals surface area contributed by atoms with Gasteiger partial charge in [-0.1, -0.05) is 24.3 Å². The maximum Gasteiger partial charge on any atom is 0.123 e. The largest absolute Gasteiger partial charge is 0.496 e. The molecule has 2 rings (SSSR count). The fourth-order valence-corrected chi connectivity index (χ4v) is 3.33. The maximum absolute atomic E-state index is 6.10. The van der Waals surface area contributed by atoms with E-state index >= 15 is 0 Å². The number of para-hydroxylation sites is 1. The molecule has 1 atom stereocenters. The fraction of sp³-hybridized carbons (Fsp3) is 0.412. The third-order valence-electron chi connectivity index (χ3n) is 3.70. The Hall–Kier alpha value is -1.36. The Labute approximate surface area is 131 Å². The molecule has 0 saturated carbocycles. The molecular formula is C17H24N2OS. The summed E-state index contributed by atoms with van der Waals surface area (Å²) < 4.78 is 5.51. The van der Waals surface area contributed by atoms with Crippen molar-refractivity contribution in [1.82, 2.24) is 4.90 Å². The standard InChI is InChI=1S/C17H24N2OS/c1-13(2)19(12-14-7-6-10-21-14)16(11-18)15-8-4-5-9-17(15)20-3/h4-10,13,16H,11-12,18H2,1-3H3. The van der Waals surface area contributed by atoms with Crippen LogP contribution >= 0.6 is 11.3 Å². The lowest BCUT2D eigenvalue weighted by Crippen LogP contribution is -2.38. The number of nitrogens with zero attached hydrogens (tertiary/aromatic N) is 1. The van der Waals surface area contributed by atoms with Crippen molar-refractivity contribution in [2.24, 2.45) is 5.73 Å². The number of hydrogen-bond donors (Lipinski definition) is 1. The summed E-state index contributed by atoms with van der Waals surface area (Å²) in [4.78, 5) is 3.79. The van der Waals surface area contributed by atoms with E-state index in [4.69, 9.17) is 10.5 Å². The van der Waals surface area contributed by atoms with Gasteiger partial charge in [0, 0.05) is 29.6 Å². The maximum atomic E-state index is 6.10. The molecule has 1 heterocycles. The fourth-order valence-electron chi connectivity index (χ4n) is 2.62. The summed E-state index contributed by atoms with van der Waals surface area (Å²) in [6.45, 7) is 5.91. The van der Waals surface area contributed by atoms with Crippen molar-refractivity contribution < 1.29 is 4.74 Å². The second-order valence-electron chi connectivity index (χ2n) is 5.34. The minimum Gasteiger partial charge on any atom is -0.496 e. The highest BCUT2D eigenvalue weighted by Crippen LogP contribution is 2.31. The van der Waals surface area contributed by atoms with Crippen molar-refractivity contribution in [3.63, 3.8) is 0 Å². The molecule has 21 heavy (non-hydrogen) atoms. The Morgan fingerprint density at radius 2 is 1.95 bits per heavy atom. The van der Waals surface area contributed by atoms with E-state index in [1.54, 1.807) is 18.4 Å². The van der Waals surface area contributed by atoms with Crippen LogP contribution in [0.3, 0.4) is 0 Å². The molecule has 0 bridgehead atoms. The smallest absolute Gasteiger partial charge is 0.123 e. The van der Waals surface area contributed by atoms with Crippen LogP contribution in [-0.2, 0) is 6.54 Å². The van der Waals surface area contributed by atoms with Crippen LogP contribution in [0.1, 0.15) is 30.3 Å². The number of thiophene rings is 1. The Bertz CT molecular complexity index is 539. The molecule has 0 fully saturated rings. The number of hydrogen-bond acceptors (Lipinski definition) is 4. The molecule has 0 spiro atoms. The van der Waals surface area contributed by atoms with Crippen molar-refractivity contribution >= 4 is 11.3 Å². The van der Waals surface area contributed by atoms with Crippen LogP contribution in [0.25, 0.3) is 0 Å². The van der Waals surface area contributed by atoms with Crippen LogP contribution in [0.15, 0.2) is 41.8 Å². The molecule has 0 aliphatic heterocycles. The number of rotatable bonds is 7. The molecule has 0 amide bonds. The summed E-state index contributed by atoms with van der Waals surface area (Å²) in [6, 6.07) is 13.0. The molecule has 3 nitrogen and oxygen atoms in total. The lowest BCUT2D eigenvalue weighted by Gasteiger charge is -2.35. The van der Waals surface area contributed by atoms with Gasteiger partial charge in [-0.25, -0.2) is 0 Å². The molecule has 0 aliphatic rings. The lowest BCUT2D eigenvalue weighted by atomic mass is 10.0. The Morgan fingerprint density at radius 1 is 1.19 bits per heavy atom. The summed E-state index contributed by atoms with van der Waals surface area (Å²) >= 11 is 1.79. The van der Waals surface area contributed by atoms with Crippen LogP contribution in [0, 0.1) is 0 Å². The van der Waals surface area contributed by atoms with Gasteiger partial charge in [-0.05, 0) is 31.4 Å². The van der Waals surface area contributed by atoms with E-state index in [1.165, 1.54) is 4.88 Å². The van der Waals surface area contributed by atoms with Crippen LogP contribution in [-0.4, -0.2) is 24.6 Å². The number of nitrogens with two attached hydrogens (primary N) is 1. The summed E-state index contributed by atoms with van der Waals surface area (Å²) in [5.74, 6) is 0.907. The predicted molar refractivity (Wildman–Crippen MR) is 89.8 cm³/mol. The van der Waals surface area contributed by atoms with Gasteiger partial charge in [-0.15, -0.1) is 11.3 Å². The average molecular weight is 304 g/mol. The van der Waals surface area contributed by atoms with Crippen molar-refractivity contribution in [3.05, 3.63) is 52.2 Å². The highest BCUT2D eigenvalue weighted by Gasteiger charge is 2.24. The SMILES string of the molecule is COc1ccccc1C(CN)N(Cc1cccs1)C(C)C. The number of benzene rings is 1. The Kier molecular flexibility index (Phi) is 5.79. The Morgan fingerprint density at radius 3 is 2.52 bits per heavy atom. The first-order valence-corrected chi connectivity index (χ1v) is 8.16. The second-order valence-corrected chi connectivity index (χ2v) is 6.37. The summed E-state index contributed by atoms with van der Waals surface area (Å²) in [5.41, 5.74) is 7.26. The molecular weight excluding hydrogens is 280 g/mol. The third-order valence-corrected chi connectivity index (χ3v) is 4.56. The summed E-state index contributed by atoms with van der Waals surface area (Å²) in [5, 5.41) is 2.12. The quantitative estimate of drug-likeness (QED) is 0.848. The highest BCUT2D eigenvalue weighted by molar-refractivity contribution is 7.09. The summed E-state index contributed by atoms with van der Waals surface area (Å²) in [7, 11) is 1.71. The summed E-state index contributed by atoms with van der Waals surface area (Å²) in [6.07, 6.45) is 0. The second kappa shape index (κ2) is 7.59. The minimum absolute atomic E-state index is 0.156. The molecule has 0 aliphatic carbocycles. The topological polar surface area (TPSA) is 38.5 Å². The molecule has 2 N–H and O–H groups in total. The third kappa shape index (κ3) is 3.84. The molecule has 0 radical (unpaired) electrons. The van der Waals surface area contributed by atoms with Gasteiger partial charge in [-0.2, -0.15) is 0 Å². The van der Waals surface area contributed by atoms with Crippen LogP contribution < -0.4 is 10.5 Å². The van der Waals surface area contributed by atoms with Crippen LogP contribution in [0.4, 0.5) is 0 Å². The monoisotopic (exact) mass is 304 g/mol. The van der Waals surface area contributed by atoms with Crippen molar-refractivity contribution in [3.8, 4) is 5.75 Å². The first-order chi connectivity index (χ1) is 10.2. The zero-order valence-corrected chi connectivity index (χ0v) is 13.8. The predicted octanol–water partition coefficient (Wildman–Crippen LogP) is 3.67. The first kappa shape index (κ1) is 16.0. The van der Waals surface area contributed by atoms with Crippen LogP contribution in [0.2, 0.25) is 0 Å². The van der Waals surface area contributed by atoms with Gasteiger partial charge in [0.2, 0.25) is 0 Å². The minimum atomic E-state index is 0.156. The molecule has 0 saturated heterocycles. The van der Waals surface area contributed by atoms with Gasteiger partial charge in [0.05, 0.1) is 13.2 Å². The molecule has 1 unspecified atom stereocenters. The van der Waals surface area contributed by atoms with Gasteiger partial charge in [0.1, 0.15) is 5.75 Å². The van der Waals surface area contributed by atoms with Gasteiger partial charge < -0.3 is 10.5 Å². The van der Waals surface area contributed by atoms with E-state index in [9.17, 15) is 0 Å². The van der Waals surface area contributed by atoms with Gasteiger partial charge in [-0.3, -0.25) is 4.90 Å². The molecule has 114 valence electrons. The number of ether oxygens (including phenoxy) is 1. The van der Waals surface area contributed by atoms with E-state index in [0.29, 0.717) is 12.6 Å². The molecule has 4 heteroatoms. The lowest BCUT2D eigenvalue weighted by molar-refractivity contribution is 0.147. The zero-order valence-electron chi connectivity index (χ0n) is 13.0. The van der Waals surface area contributed by atoms with Crippen molar-refractivity contribution in [1.29, 1.82) is 0 Å².